The van der Waals surface area contributed by atoms with Crippen LogP contribution in [0.2, 0.25) is 0 Å². The molecule has 104 valence electrons. The summed E-state index contributed by atoms with van der Waals surface area (Å²) in [5.41, 5.74) is 6.13. The molecule has 2 heterocycles. The Kier molecular flexibility index (Phi) is 3.21. The first-order chi connectivity index (χ1) is 8.83. The lowest BCUT2D eigenvalue weighted by atomic mass is 10.2. The fourth-order valence-electron chi connectivity index (χ4n) is 1.92. The molecule has 0 aromatic carbocycles. The van der Waals surface area contributed by atoms with Gasteiger partial charge in [0.15, 0.2) is 11.2 Å². The minimum absolute atomic E-state index is 0.0504. The third kappa shape index (κ3) is 2.54. The van der Waals surface area contributed by atoms with E-state index in [0.717, 1.165) is 0 Å². The lowest BCUT2D eigenvalue weighted by Gasteiger charge is -2.17. The predicted molar refractivity (Wildman–Crippen MR) is 61.7 cm³/mol. The van der Waals surface area contributed by atoms with Gasteiger partial charge in [-0.15, -0.1) is 0 Å². The Bertz CT molecular complexity index is 595. The van der Waals surface area contributed by atoms with Crippen LogP contribution < -0.4 is 10.5 Å². The molecule has 0 spiro atoms. The average Bonchev–Trinajstić information content (AvgIpc) is 2.62. The molecule has 0 bridgehead atoms. The van der Waals surface area contributed by atoms with Gasteiger partial charge in [0.2, 0.25) is 11.8 Å². The van der Waals surface area contributed by atoms with Crippen LogP contribution in [-0.2, 0) is 0 Å². The molecule has 2 N–H and O–H groups in total. The molecule has 0 saturated carbocycles. The van der Waals surface area contributed by atoms with Gasteiger partial charge in [-0.2, -0.15) is 18.2 Å². The molecule has 2 aromatic heterocycles. The molecule has 6 nitrogen and oxygen atoms in total. The Hall–Kier alpha value is -2.06. The largest absolute Gasteiger partial charge is 0.479 e. The fourth-order valence-corrected chi connectivity index (χ4v) is 1.92. The molecule has 19 heavy (non-hydrogen) atoms. The number of fused-ring (bicyclic) bond motifs is 1. The molecule has 2 aromatic rings. The van der Waals surface area contributed by atoms with Gasteiger partial charge in [-0.3, -0.25) is 4.57 Å². The molecule has 9 heteroatoms. The summed E-state index contributed by atoms with van der Waals surface area (Å²) in [6.45, 7) is 1.40. The first-order valence-electron chi connectivity index (χ1n) is 5.42. The number of methoxy groups -OCH3 is 1. The number of nitrogens with two attached hydrogens (primary N) is 1. The second-order valence-corrected chi connectivity index (χ2v) is 4.06. The SMILES string of the molecule is COc1ncnc2c1nc(N)n2C(C)CC(F)(F)F. The van der Waals surface area contributed by atoms with Crippen LogP contribution in [0.3, 0.4) is 0 Å². The smallest absolute Gasteiger partial charge is 0.391 e. The second-order valence-electron chi connectivity index (χ2n) is 4.06. The number of hydrogen-bond donors (Lipinski definition) is 1. The van der Waals surface area contributed by atoms with Crippen molar-refractivity contribution < 1.29 is 17.9 Å². The van der Waals surface area contributed by atoms with Crippen LogP contribution >= 0.6 is 0 Å². The van der Waals surface area contributed by atoms with Gasteiger partial charge in [-0.25, -0.2) is 9.97 Å². The average molecular weight is 275 g/mol. The van der Waals surface area contributed by atoms with Gasteiger partial charge >= 0.3 is 6.18 Å². The molecule has 1 unspecified atom stereocenters. The summed E-state index contributed by atoms with van der Waals surface area (Å²) in [4.78, 5) is 11.7. The van der Waals surface area contributed by atoms with Gasteiger partial charge in [0.1, 0.15) is 6.33 Å². The zero-order valence-corrected chi connectivity index (χ0v) is 10.3. The number of alkyl halides is 3. The fraction of sp³-hybridized carbons (Fsp3) is 0.500. The van der Waals surface area contributed by atoms with E-state index >= 15 is 0 Å². The number of anilines is 1. The van der Waals surface area contributed by atoms with E-state index in [1.807, 2.05) is 0 Å². The lowest BCUT2D eigenvalue weighted by Crippen LogP contribution is -2.18. The molecule has 1 atom stereocenters. The number of aromatic nitrogens is 4. The maximum absolute atomic E-state index is 12.4. The van der Waals surface area contributed by atoms with E-state index in [9.17, 15) is 13.2 Å². The lowest BCUT2D eigenvalue weighted by molar-refractivity contribution is -0.141. The zero-order valence-electron chi connectivity index (χ0n) is 10.3. The Balaban J connectivity index is 2.52. The van der Waals surface area contributed by atoms with Crippen LogP contribution in [0.1, 0.15) is 19.4 Å². The summed E-state index contributed by atoms with van der Waals surface area (Å²) < 4.78 is 43.5. The van der Waals surface area contributed by atoms with Gasteiger partial charge < -0.3 is 10.5 Å². The first kappa shape index (κ1) is 13.4. The van der Waals surface area contributed by atoms with E-state index in [4.69, 9.17) is 10.5 Å². The Labute approximate surface area is 106 Å². The van der Waals surface area contributed by atoms with Crippen molar-refractivity contribution in [3.05, 3.63) is 6.33 Å². The van der Waals surface area contributed by atoms with Crippen LogP contribution in [0.4, 0.5) is 19.1 Å². The molecule has 0 aliphatic rings. The van der Waals surface area contributed by atoms with E-state index < -0.39 is 18.6 Å². The zero-order chi connectivity index (χ0) is 14.2. The summed E-state index contributed by atoms with van der Waals surface area (Å²) in [6, 6.07) is -0.912. The molecule has 0 amide bonds. The maximum Gasteiger partial charge on any atom is 0.391 e. The molecule has 0 radical (unpaired) electrons. The number of nitrogens with zero attached hydrogens (tertiary/aromatic N) is 4. The second kappa shape index (κ2) is 4.56. The van der Waals surface area contributed by atoms with E-state index in [1.54, 1.807) is 0 Å². The summed E-state index contributed by atoms with van der Waals surface area (Å²) in [5, 5.41) is 0. The van der Waals surface area contributed by atoms with Crippen molar-refractivity contribution in [2.45, 2.75) is 25.6 Å². The predicted octanol–water partition coefficient (Wildman–Crippen LogP) is 1.93. The van der Waals surface area contributed by atoms with Crippen LogP contribution in [0, 0.1) is 0 Å². The minimum atomic E-state index is -4.29. The minimum Gasteiger partial charge on any atom is -0.479 e. The maximum atomic E-state index is 12.4. The van der Waals surface area contributed by atoms with Crippen molar-refractivity contribution >= 4 is 17.1 Å². The third-order valence-electron chi connectivity index (χ3n) is 2.63. The highest BCUT2D eigenvalue weighted by atomic mass is 19.4. The van der Waals surface area contributed by atoms with Crippen molar-refractivity contribution in [2.24, 2.45) is 0 Å². The van der Waals surface area contributed by atoms with E-state index in [1.165, 1.54) is 24.9 Å². The van der Waals surface area contributed by atoms with Crippen LogP contribution in [0.25, 0.3) is 11.2 Å². The van der Waals surface area contributed by atoms with Crippen molar-refractivity contribution in [3.63, 3.8) is 0 Å². The summed E-state index contributed by atoms with van der Waals surface area (Å²) in [5.74, 6) is 0.125. The van der Waals surface area contributed by atoms with Crippen molar-refractivity contribution in [1.82, 2.24) is 19.5 Å². The van der Waals surface area contributed by atoms with E-state index in [2.05, 4.69) is 15.0 Å². The van der Waals surface area contributed by atoms with Crippen molar-refractivity contribution in [2.75, 3.05) is 12.8 Å². The van der Waals surface area contributed by atoms with Gasteiger partial charge in [-0.05, 0) is 6.92 Å². The topological polar surface area (TPSA) is 78.8 Å². The standard InChI is InChI=1S/C10H12F3N5O/c1-5(3-10(11,12)13)18-7-6(17-9(18)14)8(19-2)16-4-15-7/h4-5H,3H2,1-2H3,(H2,14,17). The van der Waals surface area contributed by atoms with Gasteiger partial charge in [0.25, 0.3) is 0 Å². The Morgan fingerprint density at radius 3 is 2.68 bits per heavy atom. The van der Waals surface area contributed by atoms with Crippen molar-refractivity contribution in [3.8, 4) is 5.88 Å². The molecule has 2 rings (SSSR count). The van der Waals surface area contributed by atoms with Crippen LogP contribution in [0.5, 0.6) is 5.88 Å². The summed E-state index contributed by atoms with van der Waals surface area (Å²) >= 11 is 0. The Morgan fingerprint density at radius 1 is 1.42 bits per heavy atom. The summed E-state index contributed by atoms with van der Waals surface area (Å²) in [6.07, 6.45) is -4.12. The molecule has 0 saturated heterocycles. The number of imidazole rings is 1. The quantitative estimate of drug-likeness (QED) is 0.925. The monoisotopic (exact) mass is 275 g/mol. The summed E-state index contributed by atoms with van der Waals surface area (Å²) in [7, 11) is 1.39. The number of halogens is 3. The molecule has 0 fully saturated rings. The normalized spacial score (nSPS) is 13.7. The third-order valence-corrected chi connectivity index (χ3v) is 2.63. The molecule has 0 aliphatic heterocycles. The highest BCUT2D eigenvalue weighted by Gasteiger charge is 2.32. The van der Waals surface area contributed by atoms with Crippen molar-refractivity contribution in [1.29, 1.82) is 0 Å². The van der Waals surface area contributed by atoms with Gasteiger partial charge in [0, 0.05) is 6.04 Å². The molecule has 0 aliphatic carbocycles. The highest BCUT2D eigenvalue weighted by Crippen LogP contribution is 2.32. The number of ether oxygens (including phenoxy) is 1. The number of rotatable bonds is 3. The van der Waals surface area contributed by atoms with Gasteiger partial charge in [0.05, 0.1) is 13.5 Å². The molecular formula is C10H12F3N5O. The molecular weight excluding hydrogens is 263 g/mol. The number of nitrogen functional groups attached to an aromatic ring is 1. The number of hydrogen-bond acceptors (Lipinski definition) is 5. The highest BCUT2D eigenvalue weighted by molar-refractivity contribution is 5.79. The Morgan fingerprint density at radius 2 is 2.11 bits per heavy atom. The van der Waals surface area contributed by atoms with Crippen LogP contribution in [0.15, 0.2) is 6.33 Å². The van der Waals surface area contributed by atoms with Gasteiger partial charge in [-0.1, -0.05) is 0 Å². The van der Waals surface area contributed by atoms with Crippen LogP contribution in [-0.4, -0.2) is 32.8 Å². The first-order valence-corrected chi connectivity index (χ1v) is 5.42. The van der Waals surface area contributed by atoms with E-state index in [-0.39, 0.29) is 23.0 Å². The van der Waals surface area contributed by atoms with E-state index in [0.29, 0.717) is 0 Å².